The van der Waals surface area contributed by atoms with Crippen LogP contribution in [0.1, 0.15) is 30.0 Å². The average Bonchev–Trinajstić information content (AvgIpc) is 3.03. The van der Waals surface area contributed by atoms with Gasteiger partial charge in [-0.05, 0) is 31.4 Å². The van der Waals surface area contributed by atoms with E-state index in [1.54, 1.807) is 11.8 Å². The van der Waals surface area contributed by atoms with Crippen LogP contribution in [-0.4, -0.2) is 35.1 Å². The van der Waals surface area contributed by atoms with E-state index in [4.69, 9.17) is 4.74 Å². The summed E-state index contributed by atoms with van der Waals surface area (Å²) in [6.07, 6.45) is 2.00. The molecule has 0 radical (unpaired) electrons. The van der Waals surface area contributed by atoms with Crippen molar-refractivity contribution in [2.24, 2.45) is 0 Å². The van der Waals surface area contributed by atoms with Crippen molar-refractivity contribution in [2.75, 3.05) is 24.3 Å². The lowest BCUT2D eigenvalue weighted by atomic mass is 9.97. The number of carbonyl (C=O) groups is 1. The molecule has 1 saturated heterocycles. The molecule has 5 nitrogen and oxygen atoms in total. The summed E-state index contributed by atoms with van der Waals surface area (Å²) in [6, 6.07) is 10.0. The van der Waals surface area contributed by atoms with Gasteiger partial charge in [0.1, 0.15) is 0 Å². The second-order valence-electron chi connectivity index (χ2n) is 5.70. The maximum absolute atomic E-state index is 12.1. The molecular formula is C17H21N3O2S. The molecule has 1 fully saturated rings. The van der Waals surface area contributed by atoms with Crippen LogP contribution in [-0.2, 0) is 9.53 Å². The average molecular weight is 331 g/mol. The fraction of sp³-hybridized carbons (Fsp3) is 0.412. The van der Waals surface area contributed by atoms with Gasteiger partial charge in [-0.15, -0.1) is 11.8 Å². The first kappa shape index (κ1) is 16.1. The van der Waals surface area contributed by atoms with E-state index < -0.39 is 0 Å². The first-order valence-electron chi connectivity index (χ1n) is 7.83. The predicted octanol–water partition coefficient (Wildman–Crippen LogP) is 3.34. The normalized spacial score (nSPS) is 15.5. The van der Waals surface area contributed by atoms with Gasteiger partial charge in [0, 0.05) is 35.8 Å². The maximum atomic E-state index is 12.1. The van der Waals surface area contributed by atoms with Crippen LogP contribution in [0.25, 0.3) is 0 Å². The van der Waals surface area contributed by atoms with Gasteiger partial charge in [0.2, 0.25) is 5.91 Å². The van der Waals surface area contributed by atoms with Gasteiger partial charge in [0.15, 0.2) is 5.82 Å². The molecule has 1 amide bonds. The molecule has 23 heavy (non-hydrogen) atoms. The van der Waals surface area contributed by atoms with Crippen molar-refractivity contribution in [3.63, 3.8) is 0 Å². The highest BCUT2D eigenvalue weighted by Crippen LogP contribution is 2.27. The largest absolute Gasteiger partial charge is 0.381 e. The summed E-state index contributed by atoms with van der Waals surface area (Å²) in [5.74, 6) is 1.39. The molecule has 0 spiro atoms. The topological polar surface area (TPSA) is 67.0 Å². The van der Waals surface area contributed by atoms with Crippen molar-refractivity contribution in [3.8, 4) is 0 Å². The van der Waals surface area contributed by atoms with Gasteiger partial charge in [0.05, 0.1) is 5.75 Å². The third kappa shape index (κ3) is 4.36. The Morgan fingerprint density at radius 1 is 1.39 bits per heavy atom. The maximum Gasteiger partial charge on any atom is 0.235 e. The number of anilines is 1. The van der Waals surface area contributed by atoms with E-state index >= 15 is 0 Å². The summed E-state index contributed by atoms with van der Waals surface area (Å²) >= 11 is 1.54. The van der Waals surface area contributed by atoms with Crippen LogP contribution in [0.3, 0.4) is 0 Å². The van der Waals surface area contributed by atoms with E-state index in [2.05, 4.69) is 15.5 Å². The predicted molar refractivity (Wildman–Crippen MR) is 91.9 cm³/mol. The molecule has 0 atom stereocenters. The van der Waals surface area contributed by atoms with Crippen LogP contribution < -0.4 is 5.32 Å². The first-order valence-corrected chi connectivity index (χ1v) is 8.82. The van der Waals surface area contributed by atoms with Gasteiger partial charge in [-0.25, -0.2) is 0 Å². The van der Waals surface area contributed by atoms with E-state index in [-0.39, 0.29) is 5.91 Å². The quantitative estimate of drug-likeness (QED) is 0.825. The molecule has 2 heterocycles. The Morgan fingerprint density at radius 3 is 2.96 bits per heavy atom. The van der Waals surface area contributed by atoms with E-state index in [1.165, 1.54) is 5.56 Å². The van der Waals surface area contributed by atoms with E-state index in [9.17, 15) is 4.79 Å². The Kier molecular flexibility index (Phi) is 5.35. The van der Waals surface area contributed by atoms with Gasteiger partial charge < -0.3 is 10.1 Å². The molecule has 1 aliphatic rings. The number of aromatic amines is 1. The Hall–Kier alpha value is -1.79. The van der Waals surface area contributed by atoms with Crippen LogP contribution in [0.15, 0.2) is 35.2 Å². The number of H-pyrrole nitrogens is 1. The number of ether oxygens (including phenoxy) is 1. The lowest BCUT2D eigenvalue weighted by Gasteiger charge is -2.20. The third-order valence-corrected chi connectivity index (χ3v) is 5.15. The molecule has 0 aliphatic carbocycles. The Bertz CT molecular complexity index is 665. The number of thioether (sulfide) groups is 1. The second-order valence-corrected chi connectivity index (χ2v) is 6.71. The van der Waals surface area contributed by atoms with Gasteiger partial charge in [0.25, 0.3) is 0 Å². The zero-order valence-corrected chi connectivity index (χ0v) is 14.0. The fourth-order valence-electron chi connectivity index (χ4n) is 2.66. The van der Waals surface area contributed by atoms with Crippen LogP contribution in [0.2, 0.25) is 0 Å². The number of benzene rings is 1. The molecule has 1 aromatic heterocycles. The van der Waals surface area contributed by atoms with Crippen molar-refractivity contribution in [3.05, 3.63) is 41.6 Å². The van der Waals surface area contributed by atoms with Gasteiger partial charge in [-0.2, -0.15) is 5.10 Å². The van der Waals surface area contributed by atoms with Crippen molar-refractivity contribution in [2.45, 2.75) is 30.6 Å². The summed E-state index contributed by atoms with van der Waals surface area (Å²) in [6.45, 7) is 3.63. The standard InChI is InChI=1S/C17H21N3O2S/c1-12-4-2-3-5-15(12)23-11-17(21)18-16-10-14(19-20-16)13-6-8-22-9-7-13/h2-5,10,13H,6-9,11H2,1H3,(H2,18,19,20,21). The number of nitrogens with one attached hydrogen (secondary N) is 2. The third-order valence-electron chi connectivity index (χ3n) is 3.98. The smallest absolute Gasteiger partial charge is 0.235 e. The molecular weight excluding hydrogens is 310 g/mol. The molecule has 0 bridgehead atoms. The van der Waals surface area contributed by atoms with Crippen molar-refractivity contribution in [1.82, 2.24) is 10.2 Å². The zero-order chi connectivity index (χ0) is 16.1. The van der Waals surface area contributed by atoms with Crippen LogP contribution >= 0.6 is 11.8 Å². The SMILES string of the molecule is Cc1ccccc1SCC(=O)Nc1cc(C2CCOCC2)[nH]n1. The van der Waals surface area contributed by atoms with E-state index in [1.807, 2.05) is 37.3 Å². The lowest BCUT2D eigenvalue weighted by molar-refractivity contribution is -0.113. The summed E-state index contributed by atoms with van der Waals surface area (Å²) in [7, 11) is 0. The molecule has 0 unspecified atom stereocenters. The second kappa shape index (κ2) is 7.66. The summed E-state index contributed by atoms with van der Waals surface area (Å²) < 4.78 is 5.37. The molecule has 0 saturated carbocycles. The minimum absolute atomic E-state index is 0.0386. The van der Waals surface area contributed by atoms with Gasteiger partial charge >= 0.3 is 0 Å². The molecule has 6 heteroatoms. The number of carbonyl (C=O) groups excluding carboxylic acids is 1. The van der Waals surface area contributed by atoms with Gasteiger partial charge in [-0.3, -0.25) is 9.89 Å². The molecule has 122 valence electrons. The molecule has 1 aromatic carbocycles. The number of amides is 1. The van der Waals surface area contributed by atoms with Crippen molar-refractivity contribution in [1.29, 1.82) is 0 Å². The highest BCUT2D eigenvalue weighted by atomic mass is 32.2. The first-order chi connectivity index (χ1) is 11.2. The summed E-state index contributed by atoms with van der Waals surface area (Å²) in [4.78, 5) is 13.2. The Balaban J connectivity index is 1.52. The number of rotatable bonds is 5. The van der Waals surface area contributed by atoms with Gasteiger partial charge in [-0.1, -0.05) is 18.2 Å². The lowest BCUT2D eigenvalue weighted by Crippen LogP contribution is -2.14. The van der Waals surface area contributed by atoms with Crippen LogP contribution in [0, 0.1) is 6.92 Å². The number of aryl methyl sites for hydroxylation is 1. The van der Waals surface area contributed by atoms with Crippen molar-refractivity contribution >= 4 is 23.5 Å². The zero-order valence-electron chi connectivity index (χ0n) is 13.2. The Labute approximate surface area is 140 Å². The Morgan fingerprint density at radius 2 is 2.17 bits per heavy atom. The number of nitrogens with zero attached hydrogens (tertiary/aromatic N) is 1. The summed E-state index contributed by atoms with van der Waals surface area (Å²) in [5, 5.41) is 10.1. The highest BCUT2D eigenvalue weighted by Gasteiger charge is 2.18. The van der Waals surface area contributed by atoms with E-state index in [0.29, 0.717) is 17.5 Å². The molecule has 2 aromatic rings. The van der Waals surface area contributed by atoms with Crippen LogP contribution in [0.5, 0.6) is 0 Å². The highest BCUT2D eigenvalue weighted by molar-refractivity contribution is 8.00. The molecule has 1 aliphatic heterocycles. The number of hydrogen-bond donors (Lipinski definition) is 2. The molecule has 3 rings (SSSR count). The minimum Gasteiger partial charge on any atom is -0.381 e. The van der Waals surface area contributed by atoms with E-state index in [0.717, 1.165) is 36.6 Å². The van der Waals surface area contributed by atoms with Crippen LogP contribution in [0.4, 0.5) is 5.82 Å². The van der Waals surface area contributed by atoms with Crippen molar-refractivity contribution < 1.29 is 9.53 Å². The molecule has 2 N–H and O–H groups in total. The number of aromatic nitrogens is 2. The fourth-order valence-corrected chi connectivity index (χ4v) is 3.49. The summed E-state index contributed by atoms with van der Waals surface area (Å²) in [5.41, 5.74) is 2.27. The number of hydrogen-bond acceptors (Lipinski definition) is 4. The minimum atomic E-state index is -0.0386. The monoisotopic (exact) mass is 331 g/mol.